The van der Waals surface area contributed by atoms with Crippen LogP contribution in [0.5, 0.6) is 0 Å². The van der Waals surface area contributed by atoms with Crippen LogP contribution in [0.2, 0.25) is 0 Å². The molecular weight excluding hydrogens is 196 g/mol. The van der Waals surface area contributed by atoms with Crippen molar-refractivity contribution in [3.63, 3.8) is 0 Å². The minimum Gasteiger partial charge on any atom is -0.455 e. The van der Waals surface area contributed by atoms with Crippen LogP contribution in [-0.4, -0.2) is 21.5 Å². The van der Waals surface area contributed by atoms with Crippen molar-refractivity contribution < 1.29 is 9.53 Å². The average molecular weight is 210 g/mol. The fraction of sp³-hybridized carbons (Fsp3) is 0.444. The average Bonchev–Trinajstić information content (AvgIpc) is 1.98. The van der Waals surface area contributed by atoms with Crippen LogP contribution in [0.1, 0.15) is 31.3 Å². The first kappa shape index (κ1) is 11.2. The lowest BCUT2D eigenvalue weighted by Gasteiger charge is -2.19. The van der Waals surface area contributed by atoms with Gasteiger partial charge in [0.05, 0.1) is 0 Å². The largest absolute Gasteiger partial charge is 0.455 e. The summed E-state index contributed by atoms with van der Waals surface area (Å²) in [6.07, 6.45) is 0. The summed E-state index contributed by atoms with van der Waals surface area (Å²) in [6.45, 7) is 5.29. The molecule has 1 aromatic rings. The number of carbonyl (C=O) groups excluding carboxylic acids is 1. The van der Waals surface area contributed by atoms with Gasteiger partial charge in [-0.3, -0.25) is 0 Å². The Morgan fingerprint density at radius 3 is 2.40 bits per heavy atom. The highest BCUT2D eigenvalue weighted by Gasteiger charge is 2.19. The maximum Gasteiger partial charge on any atom is 0.357 e. The van der Waals surface area contributed by atoms with Gasteiger partial charge in [-0.1, -0.05) is 0 Å². The third-order valence-corrected chi connectivity index (χ3v) is 1.37. The maximum atomic E-state index is 11.5. The number of nitrogen functional groups attached to an aromatic ring is 2. The molecule has 1 aromatic heterocycles. The molecule has 0 saturated heterocycles. The van der Waals surface area contributed by atoms with Gasteiger partial charge in [-0.2, -0.15) is 4.98 Å². The van der Waals surface area contributed by atoms with Crippen LogP contribution in [0, 0.1) is 0 Å². The molecule has 0 atom stereocenters. The van der Waals surface area contributed by atoms with Crippen LogP contribution >= 0.6 is 0 Å². The third-order valence-electron chi connectivity index (χ3n) is 1.37. The molecule has 0 spiro atoms. The summed E-state index contributed by atoms with van der Waals surface area (Å²) in [5.74, 6) is -0.470. The molecule has 15 heavy (non-hydrogen) atoms. The first-order valence-electron chi connectivity index (χ1n) is 4.41. The second-order valence-corrected chi connectivity index (χ2v) is 4.04. The van der Waals surface area contributed by atoms with Gasteiger partial charge in [-0.15, -0.1) is 0 Å². The van der Waals surface area contributed by atoms with E-state index in [1.165, 1.54) is 6.07 Å². The Labute approximate surface area is 87.7 Å². The molecule has 1 heterocycles. The van der Waals surface area contributed by atoms with Gasteiger partial charge in [-0.05, 0) is 20.8 Å². The summed E-state index contributed by atoms with van der Waals surface area (Å²) < 4.78 is 5.09. The van der Waals surface area contributed by atoms with E-state index in [-0.39, 0.29) is 17.5 Å². The number of anilines is 2. The normalized spacial score (nSPS) is 11.1. The molecule has 6 nitrogen and oxygen atoms in total. The fourth-order valence-electron chi connectivity index (χ4n) is 0.920. The SMILES string of the molecule is CC(C)(C)OC(=O)c1cc(N)nc(N)n1. The number of nitrogens with zero attached hydrogens (tertiary/aromatic N) is 2. The number of rotatable bonds is 1. The van der Waals surface area contributed by atoms with Crippen LogP contribution in [0.3, 0.4) is 0 Å². The number of aromatic nitrogens is 2. The number of esters is 1. The molecule has 0 unspecified atom stereocenters. The van der Waals surface area contributed by atoms with E-state index in [1.54, 1.807) is 20.8 Å². The molecule has 0 aliphatic heterocycles. The van der Waals surface area contributed by atoms with Crippen molar-refractivity contribution in [1.29, 1.82) is 0 Å². The zero-order chi connectivity index (χ0) is 11.6. The number of carbonyl (C=O) groups is 1. The third kappa shape index (κ3) is 3.41. The topological polar surface area (TPSA) is 104 Å². The summed E-state index contributed by atoms with van der Waals surface area (Å²) in [5.41, 5.74) is 10.3. The highest BCUT2D eigenvalue weighted by atomic mass is 16.6. The standard InChI is InChI=1S/C9H14N4O2/c1-9(2,3)15-7(14)5-4-6(10)13-8(11)12-5/h4H,1-3H3,(H4,10,11,12,13). The van der Waals surface area contributed by atoms with E-state index in [0.29, 0.717) is 0 Å². The van der Waals surface area contributed by atoms with Crippen LogP contribution in [0.4, 0.5) is 11.8 Å². The smallest absolute Gasteiger partial charge is 0.357 e. The van der Waals surface area contributed by atoms with Crippen LogP contribution in [0.25, 0.3) is 0 Å². The van der Waals surface area contributed by atoms with Crippen molar-refractivity contribution >= 4 is 17.7 Å². The second-order valence-electron chi connectivity index (χ2n) is 4.04. The van der Waals surface area contributed by atoms with Crippen molar-refractivity contribution in [3.8, 4) is 0 Å². The molecule has 6 heteroatoms. The van der Waals surface area contributed by atoms with Crippen molar-refractivity contribution in [1.82, 2.24) is 9.97 Å². The van der Waals surface area contributed by atoms with Crippen molar-refractivity contribution in [2.75, 3.05) is 11.5 Å². The summed E-state index contributed by atoms with van der Waals surface area (Å²) in [5, 5.41) is 0. The van der Waals surface area contributed by atoms with Gasteiger partial charge in [0.2, 0.25) is 5.95 Å². The lowest BCUT2D eigenvalue weighted by atomic mass is 10.2. The summed E-state index contributed by atoms with van der Waals surface area (Å²) in [7, 11) is 0. The number of ether oxygens (including phenoxy) is 1. The molecule has 1 rings (SSSR count). The molecule has 0 aliphatic carbocycles. The van der Waals surface area contributed by atoms with Crippen molar-refractivity contribution in [3.05, 3.63) is 11.8 Å². The Bertz CT molecular complexity index is 364. The van der Waals surface area contributed by atoms with Crippen molar-refractivity contribution in [2.24, 2.45) is 0 Å². The molecule has 0 radical (unpaired) electrons. The van der Waals surface area contributed by atoms with Gasteiger partial charge in [-0.25, -0.2) is 9.78 Å². The summed E-state index contributed by atoms with van der Waals surface area (Å²) in [4.78, 5) is 18.9. The first-order chi connectivity index (χ1) is 6.78. The molecule has 0 aliphatic rings. The van der Waals surface area contributed by atoms with Gasteiger partial charge in [0, 0.05) is 6.07 Å². The second kappa shape index (κ2) is 3.72. The quantitative estimate of drug-likeness (QED) is 0.657. The number of hydrogen-bond donors (Lipinski definition) is 2. The highest BCUT2D eigenvalue weighted by Crippen LogP contribution is 2.12. The maximum absolute atomic E-state index is 11.5. The Hall–Kier alpha value is -1.85. The van der Waals surface area contributed by atoms with Gasteiger partial charge in [0.15, 0.2) is 5.69 Å². The molecular formula is C9H14N4O2. The highest BCUT2D eigenvalue weighted by molar-refractivity contribution is 5.88. The van der Waals surface area contributed by atoms with Crippen LogP contribution in [-0.2, 0) is 4.74 Å². The Morgan fingerprint density at radius 2 is 1.93 bits per heavy atom. The van der Waals surface area contributed by atoms with E-state index in [2.05, 4.69) is 9.97 Å². The van der Waals surface area contributed by atoms with E-state index in [0.717, 1.165) is 0 Å². The van der Waals surface area contributed by atoms with Crippen LogP contribution in [0.15, 0.2) is 6.07 Å². The number of nitrogens with two attached hydrogens (primary N) is 2. The Balaban J connectivity index is 2.92. The molecule has 4 N–H and O–H groups in total. The van der Waals surface area contributed by atoms with Gasteiger partial charge >= 0.3 is 5.97 Å². The predicted molar refractivity (Wildman–Crippen MR) is 56.0 cm³/mol. The monoisotopic (exact) mass is 210 g/mol. The van der Waals surface area contributed by atoms with E-state index < -0.39 is 11.6 Å². The minimum atomic E-state index is -0.578. The predicted octanol–water partition coefficient (Wildman–Crippen LogP) is 0.596. The van der Waals surface area contributed by atoms with Gasteiger partial charge in [0.1, 0.15) is 11.4 Å². The van der Waals surface area contributed by atoms with E-state index in [9.17, 15) is 4.79 Å². The molecule has 0 aromatic carbocycles. The van der Waals surface area contributed by atoms with E-state index >= 15 is 0 Å². The summed E-state index contributed by atoms with van der Waals surface area (Å²) >= 11 is 0. The number of hydrogen-bond acceptors (Lipinski definition) is 6. The molecule has 0 bridgehead atoms. The zero-order valence-electron chi connectivity index (χ0n) is 8.94. The minimum absolute atomic E-state index is 0.0455. The summed E-state index contributed by atoms with van der Waals surface area (Å²) in [6, 6.07) is 1.32. The van der Waals surface area contributed by atoms with E-state index in [4.69, 9.17) is 16.2 Å². The molecule has 0 amide bonds. The lowest BCUT2D eigenvalue weighted by molar-refractivity contribution is 0.00629. The van der Waals surface area contributed by atoms with Crippen LogP contribution < -0.4 is 11.5 Å². The molecule has 82 valence electrons. The molecule has 0 saturated carbocycles. The molecule has 0 fully saturated rings. The zero-order valence-corrected chi connectivity index (χ0v) is 8.94. The first-order valence-corrected chi connectivity index (χ1v) is 4.41. The van der Waals surface area contributed by atoms with E-state index in [1.807, 2.05) is 0 Å². The van der Waals surface area contributed by atoms with Gasteiger partial charge < -0.3 is 16.2 Å². The Morgan fingerprint density at radius 1 is 1.33 bits per heavy atom. The van der Waals surface area contributed by atoms with Gasteiger partial charge in [0.25, 0.3) is 0 Å². The lowest BCUT2D eigenvalue weighted by Crippen LogP contribution is -2.24. The fourth-order valence-corrected chi connectivity index (χ4v) is 0.920. The van der Waals surface area contributed by atoms with Crippen molar-refractivity contribution in [2.45, 2.75) is 26.4 Å². The Kier molecular flexibility index (Phi) is 2.78.